The normalized spacial score (nSPS) is 17.9. The number of nitrogens with zero attached hydrogens (tertiary/aromatic N) is 3. The molecule has 8 heteroatoms. The lowest BCUT2D eigenvalue weighted by Crippen LogP contribution is -2.52. The van der Waals surface area contributed by atoms with Crippen LogP contribution < -0.4 is 15.4 Å². The second kappa shape index (κ2) is 14.0. The minimum absolute atomic E-state index is 0. The average molecular weight is 535 g/mol. The van der Waals surface area contributed by atoms with Crippen molar-refractivity contribution >= 4 is 29.9 Å². The molecule has 1 heterocycles. The van der Waals surface area contributed by atoms with Gasteiger partial charge in [0.1, 0.15) is 6.10 Å². The molecule has 2 unspecified atom stereocenters. The molecule has 0 amide bonds. The largest absolute Gasteiger partial charge is 0.486 e. The third-order valence-electron chi connectivity index (χ3n) is 5.28. The summed E-state index contributed by atoms with van der Waals surface area (Å²) in [6, 6.07) is 6.91. The van der Waals surface area contributed by atoms with Crippen LogP contribution in [0.15, 0.2) is 29.3 Å². The summed E-state index contributed by atoms with van der Waals surface area (Å²) in [6.45, 7) is 15.0. The number of hydrogen-bond donors (Lipinski definition) is 2. The lowest BCUT2D eigenvalue weighted by molar-refractivity contribution is 0.0925. The van der Waals surface area contributed by atoms with Crippen molar-refractivity contribution in [1.29, 1.82) is 0 Å². The molecule has 0 bridgehead atoms. The van der Waals surface area contributed by atoms with Crippen LogP contribution in [-0.2, 0) is 0 Å². The molecule has 1 aromatic carbocycles. The van der Waals surface area contributed by atoms with E-state index in [0.717, 1.165) is 45.2 Å². The molecule has 0 aromatic heterocycles. The van der Waals surface area contributed by atoms with Crippen molar-refractivity contribution in [3.8, 4) is 5.75 Å². The van der Waals surface area contributed by atoms with Gasteiger partial charge in [-0.2, -0.15) is 0 Å². The fourth-order valence-electron chi connectivity index (χ4n) is 3.47. The van der Waals surface area contributed by atoms with Gasteiger partial charge in [0.05, 0.1) is 13.1 Å². The minimum Gasteiger partial charge on any atom is -0.486 e. The van der Waals surface area contributed by atoms with Crippen molar-refractivity contribution in [2.45, 2.75) is 39.8 Å². The second-order valence-corrected chi connectivity index (χ2v) is 8.11. The Kier molecular flexibility index (Phi) is 12.6. The van der Waals surface area contributed by atoms with E-state index in [4.69, 9.17) is 9.73 Å². The minimum atomic E-state index is -0.341. The standard InChI is InChI=1S/C22H38FN5O.HI/c1-6-24-22(25-15-18(4)29-21-10-8-7-9-19(21)23)26-16-20(17(2)3)28-13-11-27(5)12-14-28;/h7-10,17-18,20H,6,11-16H2,1-5H3,(H2,24,25,26);1H. The number of aliphatic imine (C=N–C) groups is 1. The highest BCUT2D eigenvalue weighted by Gasteiger charge is 2.24. The summed E-state index contributed by atoms with van der Waals surface area (Å²) in [5, 5.41) is 6.63. The van der Waals surface area contributed by atoms with Gasteiger partial charge < -0.3 is 20.3 Å². The highest BCUT2D eigenvalue weighted by Crippen LogP contribution is 2.17. The summed E-state index contributed by atoms with van der Waals surface area (Å²) in [4.78, 5) is 9.77. The molecule has 1 saturated heterocycles. The lowest BCUT2D eigenvalue weighted by atomic mass is 10.0. The van der Waals surface area contributed by atoms with E-state index in [0.29, 0.717) is 18.5 Å². The first kappa shape index (κ1) is 26.9. The van der Waals surface area contributed by atoms with Crippen LogP contribution in [0.3, 0.4) is 0 Å². The van der Waals surface area contributed by atoms with E-state index in [2.05, 4.69) is 48.3 Å². The second-order valence-electron chi connectivity index (χ2n) is 8.11. The van der Waals surface area contributed by atoms with Gasteiger partial charge in [-0.1, -0.05) is 26.0 Å². The Balaban J connectivity index is 0.00000450. The molecular weight excluding hydrogens is 496 g/mol. The molecule has 0 aliphatic carbocycles. The molecule has 2 N–H and O–H groups in total. The van der Waals surface area contributed by atoms with E-state index in [1.807, 2.05) is 6.92 Å². The van der Waals surface area contributed by atoms with Gasteiger partial charge in [0, 0.05) is 38.8 Å². The molecular formula is C22H39FIN5O. The highest BCUT2D eigenvalue weighted by atomic mass is 127. The van der Waals surface area contributed by atoms with Crippen LogP contribution in [0.2, 0.25) is 0 Å². The molecule has 0 saturated carbocycles. The maximum absolute atomic E-state index is 13.8. The van der Waals surface area contributed by atoms with Crippen LogP contribution >= 0.6 is 24.0 Å². The van der Waals surface area contributed by atoms with Crippen molar-refractivity contribution < 1.29 is 9.13 Å². The number of ether oxygens (including phenoxy) is 1. The van der Waals surface area contributed by atoms with Gasteiger partial charge in [-0.25, -0.2) is 4.39 Å². The van der Waals surface area contributed by atoms with E-state index >= 15 is 0 Å². The van der Waals surface area contributed by atoms with Crippen LogP contribution in [0, 0.1) is 11.7 Å². The molecule has 0 radical (unpaired) electrons. The first-order chi connectivity index (χ1) is 13.9. The van der Waals surface area contributed by atoms with Crippen molar-refractivity contribution in [2.75, 3.05) is 52.9 Å². The van der Waals surface area contributed by atoms with Gasteiger partial charge in [0.2, 0.25) is 0 Å². The van der Waals surface area contributed by atoms with Gasteiger partial charge in [-0.05, 0) is 38.9 Å². The summed E-state index contributed by atoms with van der Waals surface area (Å²) in [7, 11) is 2.18. The number of benzene rings is 1. The number of para-hydroxylation sites is 1. The first-order valence-electron chi connectivity index (χ1n) is 10.8. The van der Waals surface area contributed by atoms with Crippen LogP contribution in [0.5, 0.6) is 5.75 Å². The van der Waals surface area contributed by atoms with Crippen LogP contribution in [0.25, 0.3) is 0 Å². The molecule has 2 atom stereocenters. The van der Waals surface area contributed by atoms with Gasteiger partial charge in [-0.15, -0.1) is 24.0 Å². The van der Waals surface area contributed by atoms with E-state index in [9.17, 15) is 4.39 Å². The van der Waals surface area contributed by atoms with Gasteiger partial charge in [0.25, 0.3) is 0 Å². The van der Waals surface area contributed by atoms with E-state index in [1.165, 1.54) is 6.07 Å². The average Bonchev–Trinajstić information content (AvgIpc) is 2.69. The molecule has 30 heavy (non-hydrogen) atoms. The topological polar surface area (TPSA) is 52.1 Å². The highest BCUT2D eigenvalue weighted by molar-refractivity contribution is 14.0. The molecule has 172 valence electrons. The van der Waals surface area contributed by atoms with Gasteiger partial charge in [-0.3, -0.25) is 9.89 Å². The number of nitrogens with one attached hydrogen (secondary N) is 2. The predicted molar refractivity (Wildman–Crippen MR) is 134 cm³/mol. The van der Waals surface area contributed by atoms with Crippen LogP contribution in [0.4, 0.5) is 4.39 Å². The summed E-state index contributed by atoms with van der Waals surface area (Å²) in [5.74, 6) is 1.25. The lowest BCUT2D eigenvalue weighted by Gasteiger charge is -2.39. The Morgan fingerprint density at radius 1 is 1.13 bits per heavy atom. The Bertz CT molecular complexity index is 638. The van der Waals surface area contributed by atoms with Crippen molar-refractivity contribution in [3.63, 3.8) is 0 Å². The van der Waals surface area contributed by atoms with Gasteiger partial charge >= 0.3 is 0 Å². The molecule has 2 rings (SSSR count). The fraction of sp³-hybridized carbons (Fsp3) is 0.682. The van der Waals surface area contributed by atoms with Crippen molar-refractivity contribution in [1.82, 2.24) is 20.4 Å². The molecule has 0 spiro atoms. The fourth-order valence-corrected chi connectivity index (χ4v) is 3.47. The third kappa shape index (κ3) is 8.93. The maximum atomic E-state index is 13.8. The van der Waals surface area contributed by atoms with Crippen molar-refractivity contribution in [3.05, 3.63) is 30.1 Å². The number of guanidine groups is 1. The predicted octanol–water partition coefficient (Wildman–Crippen LogP) is 3.04. The molecule has 1 aliphatic rings. The Morgan fingerprint density at radius 3 is 2.40 bits per heavy atom. The zero-order valence-corrected chi connectivity index (χ0v) is 21.4. The number of rotatable bonds is 9. The zero-order valence-electron chi connectivity index (χ0n) is 19.0. The first-order valence-corrected chi connectivity index (χ1v) is 10.8. The molecule has 1 aliphatic heterocycles. The molecule has 1 aromatic rings. The number of likely N-dealkylation sites (N-methyl/N-ethyl adjacent to an activating group) is 1. The smallest absolute Gasteiger partial charge is 0.191 e. The number of halogens is 2. The SMILES string of the molecule is CCNC(=NCC(C(C)C)N1CCN(C)CC1)NCC(C)Oc1ccccc1F.I. The maximum Gasteiger partial charge on any atom is 0.191 e. The summed E-state index contributed by atoms with van der Waals surface area (Å²) < 4.78 is 19.5. The quantitative estimate of drug-likeness (QED) is 0.289. The summed E-state index contributed by atoms with van der Waals surface area (Å²) >= 11 is 0. The Morgan fingerprint density at radius 2 is 1.80 bits per heavy atom. The third-order valence-corrected chi connectivity index (χ3v) is 5.28. The summed E-state index contributed by atoms with van der Waals surface area (Å²) in [5.41, 5.74) is 0. The Hall–Kier alpha value is -1.13. The number of hydrogen-bond acceptors (Lipinski definition) is 4. The number of piperazine rings is 1. The van der Waals surface area contributed by atoms with Crippen LogP contribution in [-0.4, -0.2) is 80.8 Å². The van der Waals surface area contributed by atoms with E-state index in [1.54, 1.807) is 18.2 Å². The Labute approximate surface area is 198 Å². The summed E-state index contributed by atoms with van der Waals surface area (Å²) in [6.07, 6.45) is -0.186. The van der Waals surface area contributed by atoms with E-state index in [-0.39, 0.29) is 41.6 Å². The van der Waals surface area contributed by atoms with Gasteiger partial charge in [0.15, 0.2) is 17.5 Å². The van der Waals surface area contributed by atoms with E-state index < -0.39 is 0 Å². The molecule has 1 fully saturated rings. The zero-order chi connectivity index (χ0) is 21.2. The van der Waals surface area contributed by atoms with Crippen molar-refractivity contribution in [2.24, 2.45) is 10.9 Å². The molecule has 6 nitrogen and oxygen atoms in total. The monoisotopic (exact) mass is 535 g/mol. The van der Waals surface area contributed by atoms with Crippen LogP contribution in [0.1, 0.15) is 27.7 Å².